The van der Waals surface area contributed by atoms with Gasteiger partial charge in [0.25, 0.3) is 0 Å². The highest BCUT2D eigenvalue weighted by atomic mass is 14.1. The molecule has 0 saturated heterocycles. The minimum atomic E-state index is 0.694. The smallest absolute Gasteiger partial charge is 0.0262 e. The summed E-state index contributed by atoms with van der Waals surface area (Å²) >= 11 is 0. The van der Waals surface area contributed by atoms with Gasteiger partial charge in [0.2, 0.25) is 0 Å². The molecule has 0 N–H and O–H groups in total. The predicted octanol–water partition coefficient (Wildman–Crippen LogP) is 5.69. The third-order valence-corrected chi connectivity index (χ3v) is 1.87. The van der Waals surface area contributed by atoms with Gasteiger partial charge >= 0.3 is 0 Å². The van der Waals surface area contributed by atoms with E-state index >= 15 is 0 Å². The van der Waals surface area contributed by atoms with Crippen molar-refractivity contribution in [1.82, 2.24) is 0 Å². The molecular weight excluding hydrogens is 168 g/mol. The minimum Gasteiger partial charge on any atom is -0.103 e. The number of hydrogen-bond acceptors (Lipinski definition) is 0. The Labute approximate surface area is 92.8 Å². The van der Waals surface area contributed by atoms with Gasteiger partial charge in [-0.2, -0.15) is 0 Å². The molecule has 0 aromatic heterocycles. The lowest BCUT2D eigenvalue weighted by atomic mass is 9.96. The summed E-state index contributed by atoms with van der Waals surface area (Å²) in [6.07, 6.45) is 5.87. The first-order chi connectivity index (χ1) is 6.62. The van der Waals surface area contributed by atoms with Crippen molar-refractivity contribution in [2.45, 2.75) is 67.7 Å². The molecule has 0 heteroatoms. The molecule has 0 heterocycles. The molecule has 2 atom stereocenters. The molecule has 0 aliphatic heterocycles. The molecule has 0 amide bonds. The first-order valence-corrected chi connectivity index (χ1v) is 6.24. The maximum atomic E-state index is 3.75. The Hall–Kier alpha value is -0.260. The monoisotopic (exact) mass is 200 g/mol. The summed E-state index contributed by atoms with van der Waals surface area (Å²) in [7, 11) is 0. The number of allylic oxidation sites excluding steroid dienone is 1. The molecule has 0 aliphatic rings. The highest BCUT2D eigenvalue weighted by Gasteiger charge is 2.01. The first-order valence-electron chi connectivity index (χ1n) is 6.24. The number of hydrogen-bond donors (Lipinski definition) is 0. The first kappa shape index (κ1) is 19.3. The van der Waals surface area contributed by atoms with Gasteiger partial charge in [0, 0.05) is 0 Å². The van der Waals surface area contributed by atoms with E-state index < -0.39 is 0 Å². The van der Waals surface area contributed by atoms with Crippen molar-refractivity contribution in [2.24, 2.45) is 11.8 Å². The molecule has 0 saturated carbocycles. The zero-order chi connectivity index (χ0) is 12.0. The Morgan fingerprint density at radius 2 is 1.43 bits per heavy atom. The second-order valence-electron chi connectivity index (χ2n) is 3.67. The van der Waals surface area contributed by atoms with E-state index in [2.05, 4.69) is 41.2 Å². The van der Waals surface area contributed by atoms with Crippen LogP contribution in [-0.2, 0) is 0 Å². The van der Waals surface area contributed by atoms with Crippen molar-refractivity contribution in [3.8, 4) is 0 Å². The van der Waals surface area contributed by atoms with E-state index in [4.69, 9.17) is 0 Å². The van der Waals surface area contributed by atoms with Gasteiger partial charge in [0.15, 0.2) is 0 Å². The van der Waals surface area contributed by atoms with Crippen LogP contribution >= 0.6 is 0 Å². The molecule has 0 aromatic carbocycles. The van der Waals surface area contributed by atoms with Gasteiger partial charge in [-0.3, -0.25) is 0 Å². The van der Waals surface area contributed by atoms with Gasteiger partial charge in [0.05, 0.1) is 0 Å². The van der Waals surface area contributed by atoms with E-state index in [1.165, 1.54) is 19.3 Å². The Morgan fingerprint density at radius 1 is 1.07 bits per heavy atom. The van der Waals surface area contributed by atoms with Crippen molar-refractivity contribution in [3.63, 3.8) is 0 Å². The third kappa shape index (κ3) is 22.6. The largest absolute Gasteiger partial charge is 0.103 e. The minimum absolute atomic E-state index is 0.694. The molecule has 0 radical (unpaired) electrons. The average Bonchev–Trinajstić information content (AvgIpc) is 2.21. The van der Waals surface area contributed by atoms with Crippen molar-refractivity contribution in [3.05, 3.63) is 12.7 Å². The SMILES string of the molecule is C=CC(C)CC(C)CC.CC.CCC. The van der Waals surface area contributed by atoms with E-state index in [9.17, 15) is 0 Å². The summed E-state index contributed by atoms with van der Waals surface area (Å²) in [5.74, 6) is 1.55. The molecule has 0 aliphatic carbocycles. The molecular formula is C14H32. The van der Waals surface area contributed by atoms with Crippen LogP contribution < -0.4 is 0 Å². The lowest BCUT2D eigenvalue weighted by molar-refractivity contribution is 0.455. The fourth-order valence-corrected chi connectivity index (χ4v) is 0.898. The summed E-state index contributed by atoms with van der Waals surface area (Å²) in [5.41, 5.74) is 0. The van der Waals surface area contributed by atoms with Gasteiger partial charge < -0.3 is 0 Å². The summed E-state index contributed by atoms with van der Waals surface area (Å²) < 4.78 is 0. The molecule has 0 fully saturated rings. The lowest BCUT2D eigenvalue weighted by Crippen LogP contribution is -1.98. The van der Waals surface area contributed by atoms with E-state index in [0.717, 1.165) is 5.92 Å². The third-order valence-electron chi connectivity index (χ3n) is 1.87. The Balaban J connectivity index is -0.000000205. The van der Waals surface area contributed by atoms with E-state index in [-0.39, 0.29) is 0 Å². The normalized spacial score (nSPS) is 12.5. The standard InChI is InChI=1S/C9H18.C3H8.C2H6/c1-5-8(3)7-9(4)6-2;1-3-2;1-2/h5,8-9H,1,6-7H2,2-4H3;3H2,1-2H3;1-2H3. The molecule has 0 nitrogen and oxygen atoms in total. The Kier molecular flexibility index (Phi) is 25.6. The quantitative estimate of drug-likeness (QED) is 0.512. The molecule has 0 spiro atoms. The Bertz CT molecular complexity index is 84.0. The van der Waals surface area contributed by atoms with Gasteiger partial charge in [-0.15, -0.1) is 6.58 Å². The maximum absolute atomic E-state index is 3.75. The lowest BCUT2D eigenvalue weighted by Gasteiger charge is -2.10. The van der Waals surface area contributed by atoms with Gasteiger partial charge in [0.1, 0.15) is 0 Å². The van der Waals surface area contributed by atoms with Crippen molar-refractivity contribution in [2.75, 3.05) is 0 Å². The summed E-state index contributed by atoms with van der Waals surface area (Å²) in [6, 6.07) is 0. The van der Waals surface area contributed by atoms with E-state index in [1.807, 2.05) is 19.9 Å². The maximum Gasteiger partial charge on any atom is -0.0262 e. The second kappa shape index (κ2) is 18.5. The van der Waals surface area contributed by atoms with Crippen molar-refractivity contribution in [1.29, 1.82) is 0 Å². The van der Waals surface area contributed by atoms with Gasteiger partial charge in [-0.05, 0) is 18.3 Å². The zero-order valence-corrected chi connectivity index (χ0v) is 11.6. The summed E-state index contributed by atoms with van der Waals surface area (Å²) in [5, 5.41) is 0. The van der Waals surface area contributed by atoms with Crippen LogP contribution in [0.5, 0.6) is 0 Å². The van der Waals surface area contributed by atoms with Gasteiger partial charge in [-0.1, -0.05) is 67.4 Å². The van der Waals surface area contributed by atoms with Crippen molar-refractivity contribution >= 4 is 0 Å². The van der Waals surface area contributed by atoms with Crippen LogP contribution in [0.2, 0.25) is 0 Å². The van der Waals surface area contributed by atoms with Crippen LogP contribution in [0.3, 0.4) is 0 Å². The molecule has 88 valence electrons. The van der Waals surface area contributed by atoms with E-state index in [0.29, 0.717) is 5.92 Å². The number of rotatable bonds is 4. The van der Waals surface area contributed by atoms with Crippen LogP contribution in [0, 0.1) is 11.8 Å². The molecule has 14 heavy (non-hydrogen) atoms. The van der Waals surface area contributed by atoms with Crippen LogP contribution in [0.25, 0.3) is 0 Å². The topological polar surface area (TPSA) is 0 Å². The molecule has 0 bridgehead atoms. The van der Waals surface area contributed by atoms with Gasteiger partial charge in [-0.25, -0.2) is 0 Å². The molecule has 2 unspecified atom stereocenters. The fraction of sp³-hybridized carbons (Fsp3) is 0.857. The van der Waals surface area contributed by atoms with Crippen LogP contribution in [0.15, 0.2) is 12.7 Å². The highest BCUT2D eigenvalue weighted by Crippen LogP contribution is 2.14. The predicted molar refractivity (Wildman–Crippen MR) is 70.7 cm³/mol. The molecule has 0 rings (SSSR count). The van der Waals surface area contributed by atoms with Crippen LogP contribution in [-0.4, -0.2) is 0 Å². The average molecular weight is 200 g/mol. The van der Waals surface area contributed by atoms with Crippen LogP contribution in [0.1, 0.15) is 67.7 Å². The van der Waals surface area contributed by atoms with E-state index in [1.54, 1.807) is 0 Å². The fourth-order valence-electron chi connectivity index (χ4n) is 0.898. The molecule has 0 aromatic rings. The second-order valence-corrected chi connectivity index (χ2v) is 3.67. The zero-order valence-electron chi connectivity index (χ0n) is 11.6. The summed E-state index contributed by atoms with van der Waals surface area (Å²) in [6.45, 7) is 18.7. The highest BCUT2D eigenvalue weighted by molar-refractivity contribution is 4.75. The Morgan fingerprint density at radius 3 is 1.64 bits per heavy atom. The van der Waals surface area contributed by atoms with Crippen LogP contribution in [0.4, 0.5) is 0 Å². The van der Waals surface area contributed by atoms with Crippen molar-refractivity contribution < 1.29 is 0 Å². The summed E-state index contributed by atoms with van der Waals surface area (Å²) in [4.78, 5) is 0.